The van der Waals surface area contributed by atoms with Crippen LogP contribution in [0.15, 0.2) is 53.5 Å². The standard InChI is InChI=1S/C18H20N2O3/c1-18(2)16(12-8-5-4-6-9-12)19-17(20(18)22)13-10-7-11-14(23-3)15(13)21/h4-11,17,21-22H,1-3H3/t17-/m1/s1. The van der Waals surface area contributed by atoms with Gasteiger partial charge < -0.3 is 15.1 Å². The van der Waals surface area contributed by atoms with Crippen LogP contribution in [0.5, 0.6) is 11.5 Å². The highest BCUT2D eigenvalue weighted by atomic mass is 16.5. The highest BCUT2D eigenvalue weighted by Crippen LogP contribution is 2.43. The Morgan fingerprint density at radius 1 is 1.09 bits per heavy atom. The van der Waals surface area contributed by atoms with Gasteiger partial charge in [0.05, 0.1) is 18.4 Å². The fourth-order valence-corrected chi connectivity index (χ4v) is 2.89. The number of phenols is 1. The molecule has 0 saturated heterocycles. The topological polar surface area (TPSA) is 65.3 Å². The van der Waals surface area contributed by atoms with Crippen LogP contribution in [-0.4, -0.2) is 33.7 Å². The number of hydrogen-bond acceptors (Lipinski definition) is 5. The molecule has 3 rings (SSSR count). The predicted molar refractivity (Wildman–Crippen MR) is 88.1 cm³/mol. The van der Waals surface area contributed by atoms with Gasteiger partial charge in [-0.25, -0.2) is 0 Å². The molecular weight excluding hydrogens is 292 g/mol. The van der Waals surface area contributed by atoms with Crippen molar-refractivity contribution in [3.05, 3.63) is 59.7 Å². The van der Waals surface area contributed by atoms with Gasteiger partial charge in [-0.2, -0.15) is 5.06 Å². The number of phenolic OH excluding ortho intramolecular Hbond substituents is 1. The summed E-state index contributed by atoms with van der Waals surface area (Å²) in [6, 6.07) is 14.9. The Bertz CT molecular complexity index is 741. The molecule has 120 valence electrons. The second kappa shape index (κ2) is 5.68. The van der Waals surface area contributed by atoms with Crippen LogP contribution in [-0.2, 0) is 0 Å². The van der Waals surface area contributed by atoms with Crippen molar-refractivity contribution in [3.8, 4) is 11.5 Å². The highest BCUT2D eigenvalue weighted by Gasteiger charge is 2.44. The third-order valence-electron chi connectivity index (χ3n) is 4.21. The quantitative estimate of drug-likeness (QED) is 0.912. The molecular formula is C18H20N2O3. The number of ether oxygens (including phenoxy) is 1. The Balaban J connectivity index is 2.10. The van der Waals surface area contributed by atoms with E-state index >= 15 is 0 Å². The molecule has 2 aromatic carbocycles. The van der Waals surface area contributed by atoms with E-state index in [0.717, 1.165) is 11.3 Å². The molecule has 0 saturated carbocycles. The molecule has 1 aliphatic heterocycles. The minimum atomic E-state index is -0.685. The summed E-state index contributed by atoms with van der Waals surface area (Å²) in [5.74, 6) is 0.352. The normalized spacial score (nSPS) is 20.3. The van der Waals surface area contributed by atoms with Crippen LogP contribution < -0.4 is 4.74 Å². The van der Waals surface area contributed by atoms with Gasteiger partial charge in [0.2, 0.25) is 0 Å². The second-order valence-corrected chi connectivity index (χ2v) is 6.02. The van der Waals surface area contributed by atoms with Crippen molar-refractivity contribution < 1.29 is 15.1 Å². The number of para-hydroxylation sites is 1. The third-order valence-corrected chi connectivity index (χ3v) is 4.21. The fraction of sp³-hybridized carbons (Fsp3) is 0.278. The number of aromatic hydroxyl groups is 1. The SMILES string of the molecule is COc1cccc([C@@H]2N=C(c3ccccc3)C(C)(C)N2O)c1O. The largest absolute Gasteiger partial charge is 0.504 e. The molecule has 1 heterocycles. The summed E-state index contributed by atoms with van der Waals surface area (Å²) in [4.78, 5) is 4.68. The maximum atomic E-state index is 10.7. The first kappa shape index (κ1) is 15.5. The Hall–Kier alpha value is -2.37. The van der Waals surface area contributed by atoms with Gasteiger partial charge >= 0.3 is 0 Å². The molecule has 0 aliphatic carbocycles. The summed E-state index contributed by atoms with van der Waals surface area (Å²) < 4.78 is 5.15. The van der Waals surface area contributed by atoms with Gasteiger partial charge in [-0.15, -0.1) is 0 Å². The van der Waals surface area contributed by atoms with E-state index in [-0.39, 0.29) is 5.75 Å². The third kappa shape index (κ3) is 2.48. The van der Waals surface area contributed by atoms with E-state index in [9.17, 15) is 10.3 Å². The van der Waals surface area contributed by atoms with Crippen LogP contribution >= 0.6 is 0 Å². The van der Waals surface area contributed by atoms with Gasteiger partial charge in [0.15, 0.2) is 17.7 Å². The van der Waals surface area contributed by atoms with Crippen molar-refractivity contribution in [1.29, 1.82) is 0 Å². The zero-order valence-electron chi connectivity index (χ0n) is 13.4. The molecule has 0 aromatic heterocycles. The van der Waals surface area contributed by atoms with Crippen molar-refractivity contribution in [2.75, 3.05) is 7.11 Å². The van der Waals surface area contributed by atoms with E-state index in [1.807, 2.05) is 44.2 Å². The van der Waals surface area contributed by atoms with E-state index in [2.05, 4.69) is 4.99 Å². The van der Waals surface area contributed by atoms with Crippen molar-refractivity contribution in [2.45, 2.75) is 25.6 Å². The summed E-state index contributed by atoms with van der Waals surface area (Å²) >= 11 is 0. The van der Waals surface area contributed by atoms with Gasteiger partial charge in [0, 0.05) is 5.56 Å². The molecule has 23 heavy (non-hydrogen) atoms. The van der Waals surface area contributed by atoms with Crippen molar-refractivity contribution >= 4 is 5.71 Å². The Kier molecular flexibility index (Phi) is 3.83. The van der Waals surface area contributed by atoms with E-state index in [4.69, 9.17) is 4.74 Å². The van der Waals surface area contributed by atoms with Gasteiger partial charge in [-0.1, -0.05) is 42.5 Å². The van der Waals surface area contributed by atoms with Crippen molar-refractivity contribution in [2.24, 2.45) is 4.99 Å². The average Bonchev–Trinajstić information content (AvgIpc) is 2.79. The number of nitrogens with zero attached hydrogens (tertiary/aromatic N) is 2. The Labute approximate surface area is 135 Å². The molecule has 0 unspecified atom stereocenters. The van der Waals surface area contributed by atoms with Crippen LogP contribution in [0.1, 0.15) is 31.1 Å². The molecule has 2 aromatic rings. The van der Waals surface area contributed by atoms with Gasteiger partial charge in [0.25, 0.3) is 0 Å². The van der Waals surface area contributed by atoms with E-state index < -0.39 is 11.7 Å². The zero-order valence-corrected chi connectivity index (χ0v) is 13.4. The van der Waals surface area contributed by atoms with Crippen LogP contribution in [0, 0.1) is 0 Å². The monoisotopic (exact) mass is 312 g/mol. The molecule has 0 fully saturated rings. The van der Waals surface area contributed by atoms with E-state index in [1.165, 1.54) is 12.2 Å². The lowest BCUT2D eigenvalue weighted by molar-refractivity contribution is -0.159. The highest BCUT2D eigenvalue weighted by molar-refractivity contribution is 6.08. The first-order valence-corrected chi connectivity index (χ1v) is 7.44. The molecule has 0 spiro atoms. The Morgan fingerprint density at radius 2 is 1.78 bits per heavy atom. The maximum absolute atomic E-state index is 10.7. The zero-order chi connectivity index (χ0) is 16.6. The molecule has 1 aliphatic rings. The smallest absolute Gasteiger partial charge is 0.164 e. The first-order valence-electron chi connectivity index (χ1n) is 7.44. The molecule has 0 radical (unpaired) electrons. The summed E-state index contributed by atoms with van der Waals surface area (Å²) in [5.41, 5.74) is 1.54. The number of hydroxylamine groups is 2. The first-order chi connectivity index (χ1) is 11.0. The number of benzene rings is 2. The molecule has 0 bridgehead atoms. The molecule has 5 heteroatoms. The lowest BCUT2D eigenvalue weighted by Gasteiger charge is -2.30. The van der Waals surface area contributed by atoms with Gasteiger partial charge in [-0.3, -0.25) is 4.99 Å². The summed E-state index contributed by atoms with van der Waals surface area (Å²) in [6.45, 7) is 3.80. The molecule has 5 nitrogen and oxygen atoms in total. The average molecular weight is 312 g/mol. The fourth-order valence-electron chi connectivity index (χ4n) is 2.89. The number of hydrogen-bond donors (Lipinski definition) is 2. The maximum Gasteiger partial charge on any atom is 0.164 e. The Morgan fingerprint density at radius 3 is 2.43 bits per heavy atom. The number of aliphatic imine (C=N–C) groups is 1. The lowest BCUT2D eigenvalue weighted by atomic mass is 9.93. The van der Waals surface area contributed by atoms with Crippen LogP contribution in [0.3, 0.4) is 0 Å². The molecule has 2 N–H and O–H groups in total. The summed E-state index contributed by atoms with van der Waals surface area (Å²) in [7, 11) is 1.49. The van der Waals surface area contributed by atoms with Crippen LogP contribution in [0.4, 0.5) is 0 Å². The lowest BCUT2D eigenvalue weighted by Crippen LogP contribution is -2.44. The van der Waals surface area contributed by atoms with Crippen LogP contribution in [0.25, 0.3) is 0 Å². The number of rotatable bonds is 3. The molecule has 0 amide bonds. The summed E-state index contributed by atoms with van der Waals surface area (Å²) in [5, 5.41) is 22.2. The minimum Gasteiger partial charge on any atom is -0.504 e. The minimum absolute atomic E-state index is 0.00656. The summed E-state index contributed by atoms with van der Waals surface area (Å²) in [6.07, 6.45) is -0.685. The van der Waals surface area contributed by atoms with E-state index in [0.29, 0.717) is 11.3 Å². The van der Waals surface area contributed by atoms with Gasteiger partial charge in [-0.05, 0) is 25.5 Å². The second-order valence-electron chi connectivity index (χ2n) is 6.02. The predicted octanol–water partition coefficient (Wildman–Crippen LogP) is 3.37. The van der Waals surface area contributed by atoms with Crippen molar-refractivity contribution in [3.63, 3.8) is 0 Å². The van der Waals surface area contributed by atoms with E-state index in [1.54, 1.807) is 18.2 Å². The van der Waals surface area contributed by atoms with Crippen LogP contribution in [0.2, 0.25) is 0 Å². The van der Waals surface area contributed by atoms with Gasteiger partial charge in [0.1, 0.15) is 0 Å². The molecule has 1 atom stereocenters. The number of methoxy groups -OCH3 is 1. The van der Waals surface area contributed by atoms with Crippen molar-refractivity contribution in [1.82, 2.24) is 5.06 Å².